The van der Waals surface area contributed by atoms with Gasteiger partial charge in [0, 0.05) is 0 Å². The normalized spacial score (nSPS) is 18.5. The van der Waals surface area contributed by atoms with Crippen LogP contribution in [0.15, 0.2) is 30.3 Å². The van der Waals surface area contributed by atoms with Crippen molar-refractivity contribution in [1.82, 2.24) is 0 Å². The molecule has 0 amide bonds. The third-order valence-corrected chi connectivity index (χ3v) is 5.65. The lowest BCUT2D eigenvalue weighted by atomic mass is 9.83. The molecule has 136 valence electrons. The van der Waals surface area contributed by atoms with Crippen LogP contribution in [-0.4, -0.2) is 17.8 Å². The van der Waals surface area contributed by atoms with Gasteiger partial charge in [0.25, 0.3) is 0 Å². The zero-order valence-corrected chi connectivity index (χ0v) is 15.6. The molecule has 1 saturated carbocycles. The molecule has 1 aliphatic carbocycles. The van der Waals surface area contributed by atoms with Crippen molar-refractivity contribution in [2.24, 2.45) is 17.8 Å². The van der Waals surface area contributed by atoms with Gasteiger partial charge in [0.15, 0.2) is 0 Å². The summed E-state index contributed by atoms with van der Waals surface area (Å²) in [5.41, 5.74) is 0. The predicted octanol–water partition coefficient (Wildman–Crippen LogP) is 5.84. The fourth-order valence-corrected chi connectivity index (χ4v) is 3.94. The van der Waals surface area contributed by atoms with Crippen molar-refractivity contribution in [3.8, 4) is 5.75 Å². The third-order valence-electron chi connectivity index (χ3n) is 5.65. The van der Waals surface area contributed by atoms with Crippen LogP contribution in [0.2, 0.25) is 0 Å². The van der Waals surface area contributed by atoms with Crippen LogP contribution in [0.3, 0.4) is 0 Å². The molecule has 1 aliphatic rings. The largest absolute Gasteiger partial charge is 0.494 e. The molecule has 0 heterocycles. The first-order valence-electron chi connectivity index (χ1n) is 10.0. The van der Waals surface area contributed by atoms with Gasteiger partial charge in [-0.05, 0) is 55.6 Å². The van der Waals surface area contributed by atoms with E-state index in [4.69, 9.17) is 4.74 Å². The fraction of sp³-hybridized carbons (Fsp3) is 0.727. The molecule has 1 fully saturated rings. The minimum Gasteiger partial charge on any atom is -0.494 e. The average molecular weight is 333 g/mol. The zero-order chi connectivity index (χ0) is 17.2. The number of aliphatic hydroxyl groups is 1. The van der Waals surface area contributed by atoms with E-state index in [0.717, 1.165) is 37.5 Å². The van der Waals surface area contributed by atoms with Crippen molar-refractivity contribution in [3.63, 3.8) is 0 Å². The van der Waals surface area contributed by atoms with E-state index in [1.54, 1.807) is 0 Å². The van der Waals surface area contributed by atoms with Crippen molar-refractivity contribution in [3.05, 3.63) is 30.3 Å². The first kappa shape index (κ1) is 19.3. The van der Waals surface area contributed by atoms with Gasteiger partial charge >= 0.3 is 0 Å². The Morgan fingerprint density at radius 2 is 1.75 bits per heavy atom. The number of benzene rings is 1. The second-order valence-corrected chi connectivity index (χ2v) is 7.93. The lowest BCUT2D eigenvalue weighted by molar-refractivity contribution is 0.101. The minimum absolute atomic E-state index is 0.143. The fourth-order valence-electron chi connectivity index (χ4n) is 3.94. The summed E-state index contributed by atoms with van der Waals surface area (Å²) < 4.78 is 5.84. The summed E-state index contributed by atoms with van der Waals surface area (Å²) in [5.74, 6) is 2.94. The molecule has 2 unspecified atom stereocenters. The Morgan fingerprint density at radius 3 is 2.42 bits per heavy atom. The lowest BCUT2D eigenvalue weighted by Crippen LogP contribution is -2.21. The maximum absolute atomic E-state index is 10.5. The molecule has 1 N–H and O–H groups in total. The van der Waals surface area contributed by atoms with Crippen LogP contribution >= 0.6 is 0 Å². The highest BCUT2D eigenvalue weighted by molar-refractivity contribution is 5.20. The lowest BCUT2D eigenvalue weighted by Gasteiger charge is -2.26. The average Bonchev–Trinajstić information content (AvgIpc) is 2.61. The summed E-state index contributed by atoms with van der Waals surface area (Å²) in [6.45, 7) is 5.27. The van der Waals surface area contributed by atoms with E-state index in [-0.39, 0.29) is 6.10 Å². The van der Waals surface area contributed by atoms with Gasteiger partial charge in [0.1, 0.15) is 5.75 Å². The van der Waals surface area contributed by atoms with E-state index < -0.39 is 0 Å². The Morgan fingerprint density at radius 1 is 1.04 bits per heavy atom. The molecule has 2 heteroatoms. The van der Waals surface area contributed by atoms with Gasteiger partial charge < -0.3 is 9.84 Å². The summed E-state index contributed by atoms with van der Waals surface area (Å²) >= 11 is 0. The topological polar surface area (TPSA) is 29.5 Å². The third kappa shape index (κ3) is 7.25. The highest BCUT2D eigenvalue weighted by Gasteiger charge is 2.20. The summed E-state index contributed by atoms with van der Waals surface area (Å²) in [5, 5.41) is 10.5. The molecule has 2 rings (SSSR count). The maximum atomic E-state index is 10.5. The van der Waals surface area contributed by atoms with Gasteiger partial charge in [0.2, 0.25) is 0 Å². The Hall–Kier alpha value is -1.02. The van der Waals surface area contributed by atoms with E-state index in [1.807, 2.05) is 30.3 Å². The number of hydrogen-bond donors (Lipinski definition) is 1. The summed E-state index contributed by atoms with van der Waals surface area (Å²) in [6.07, 6.45) is 11.0. The molecule has 1 aromatic carbocycles. The first-order valence-corrected chi connectivity index (χ1v) is 10.0. The molecule has 2 nitrogen and oxygen atoms in total. The summed E-state index contributed by atoms with van der Waals surface area (Å²) in [6, 6.07) is 10.0. The molecule has 0 bridgehead atoms. The van der Waals surface area contributed by atoms with E-state index in [1.165, 1.54) is 38.5 Å². The van der Waals surface area contributed by atoms with Crippen LogP contribution in [0.1, 0.15) is 71.6 Å². The molecule has 0 aromatic heterocycles. The van der Waals surface area contributed by atoms with Crippen LogP contribution in [0.4, 0.5) is 0 Å². The second kappa shape index (κ2) is 10.8. The number of para-hydroxylation sites is 1. The van der Waals surface area contributed by atoms with Crippen LogP contribution in [-0.2, 0) is 0 Å². The highest BCUT2D eigenvalue weighted by Crippen LogP contribution is 2.29. The van der Waals surface area contributed by atoms with Gasteiger partial charge in [0.05, 0.1) is 12.7 Å². The monoisotopic (exact) mass is 332 g/mol. The van der Waals surface area contributed by atoms with Crippen molar-refractivity contribution in [2.45, 2.75) is 77.7 Å². The molecule has 2 atom stereocenters. The number of ether oxygens (including phenoxy) is 1. The van der Waals surface area contributed by atoms with E-state index >= 15 is 0 Å². The number of aliphatic hydroxyl groups excluding tert-OH is 1. The van der Waals surface area contributed by atoms with E-state index in [0.29, 0.717) is 11.8 Å². The Balaban J connectivity index is 1.67. The first-order chi connectivity index (χ1) is 11.6. The SMILES string of the molecule is CC(C)C(CCOc1ccccc1)CC(O)CCC1CCCCC1. The van der Waals surface area contributed by atoms with Crippen LogP contribution in [0.5, 0.6) is 5.75 Å². The zero-order valence-electron chi connectivity index (χ0n) is 15.6. The summed E-state index contributed by atoms with van der Waals surface area (Å²) in [7, 11) is 0. The van der Waals surface area contributed by atoms with Gasteiger partial charge in [-0.15, -0.1) is 0 Å². The minimum atomic E-state index is -0.143. The van der Waals surface area contributed by atoms with E-state index in [2.05, 4.69) is 13.8 Å². The van der Waals surface area contributed by atoms with Crippen molar-refractivity contribution in [2.75, 3.05) is 6.61 Å². The van der Waals surface area contributed by atoms with Crippen molar-refractivity contribution in [1.29, 1.82) is 0 Å². The molecule has 0 radical (unpaired) electrons. The second-order valence-electron chi connectivity index (χ2n) is 7.93. The quantitative estimate of drug-likeness (QED) is 0.583. The molecule has 0 saturated heterocycles. The van der Waals surface area contributed by atoms with Gasteiger partial charge in [-0.3, -0.25) is 0 Å². The van der Waals surface area contributed by atoms with Crippen LogP contribution < -0.4 is 4.74 Å². The number of rotatable bonds is 10. The molecule has 1 aromatic rings. The highest BCUT2D eigenvalue weighted by atomic mass is 16.5. The van der Waals surface area contributed by atoms with Crippen molar-refractivity contribution >= 4 is 0 Å². The van der Waals surface area contributed by atoms with Gasteiger partial charge in [-0.25, -0.2) is 0 Å². The standard InChI is InChI=1S/C22H36O2/c1-18(2)20(15-16-24-22-11-7-4-8-12-22)17-21(23)14-13-19-9-5-3-6-10-19/h4,7-8,11-12,18-21,23H,3,5-6,9-10,13-17H2,1-2H3. The molecule has 0 aliphatic heterocycles. The molecular formula is C22H36O2. The molecule has 0 spiro atoms. The van der Waals surface area contributed by atoms with Gasteiger partial charge in [-0.1, -0.05) is 64.2 Å². The molecular weight excluding hydrogens is 296 g/mol. The van der Waals surface area contributed by atoms with E-state index in [9.17, 15) is 5.11 Å². The van der Waals surface area contributed by atoms with Crippen LogP contribution in [0.25, 0.3) is 0 Å². The Bertz CT molecular complexity index is 423. The summed E-state index contributed by atoms with van der Waals surface area (Å²) in [4.78, 5) is 0. The maximum Gasteiger partial charge on any atom is 0.119 e. The van der Waals surface area contributed by atoms with Crippen LogP contribution in [0, 0.1) is 17.8 Å². The predicted molar refractivity (Wildman–Crippen MR) is 101 cm³/mol. The smallest absolute Gasteiger partial charge is 0.119 e. The van der Waals surface area contributed by atoms with Crippen molar-refractivity contribution < 1.29 is 9.84 Å². The Kier molecular flexibility index (Phi) is 8.66. The van der Waals surface area contributed by atoms with Gasteiger partial charge in [-0.2, -0.15) is 0 Å². The Labute approximate surface area is 148 Å². The number of hydrogen-bond acceptors (Lipinski definition) is 2. The molecule has 24 heavy (non-hydrogen) atoms.